The van der Waals surface area contributed by atoms with Crippen molar-refractivity contribution in [3.05, 3.63) is 34.9 Å². The maximum Gasteiger partial charge on any atom is 0.330 e. The molecule has 1 aromatic carbocycles. The summed E-state index contributed by atoms with van der Waals surface area (Å²) in [7, 11) is 1.41. The van der Waals surface area contributed by atoms with Crippen LogP contribution >= 0.6 is 11.6 Å². The lowest BCUT2D eigenvalue weighted by Crippen LogP contribution is -2.50. The molecule has 0 aliphatic carbocycles. The van der Waals surface area contributed by atoms with Gasteiger partial charge in [-0.25, -0.2) is 4.79 Å². The van der Waals surface area contributed by atoms with Gasteiger partial charge in [-0.2, -0.15) is 0 Å². The average Bonchev–Trinajstić information content (AvgIpc) is 2.38. The van der Waals surface area contributed by atoms with Gasteiger partial charge in [0.1, 0.15) is 5.54 Å². The molecule has 0 bridgehead atoms. The van der Waals surface area contributed by atoms with E-state index in [1.807, 2.05) is 39.0 Å². The summed E-state index contributed by atoms with van der Waals surface area (Å²) in [5.74, 6) is -0.270. The van der Waals surface area contributed by atoms with Crippen LogP contribution in [0.2, 0.25) is 5.02 Å². The maximum atomic E-state index is 12.2. The van der Waals surface area contributed by atoms with Crippen molar-refractivity contribution in [1.82, 2.24) is 4.90 Å². The molecule has 0 saturated heterocycles. The van der Waals surface area contributed by atoms with Crippen LogP contribution in [0.3, 0.4) is 0 Å². The van der Waals surface area contributed by atoms with Crippen LogP contribution in [0.15, 0.2) is 24.3 Å². The Morgan fingerprint density at radius 3 is 2.44 bits per heavy atom. The van der Waals surface area contributed by atoms with Crippen molar-refractivity contribution in [3.63, 3.8) is 0 Å². The number of likely N-dealkylation sites (N-methyl/N-ethyl adjacent to an activating group) is 1. The van der Waals surface area contributed by atoms with Crippen molar-refractivity contribution < 1.29 is 9.53 Å². The van der Waals surface area contributed by atoms with Gasteiger partial charge in [0.05, 0.1) is 7.11 Å². The minimum atomic E-state index is -0.802. The number of halogens is 1. The zero-order valence-electron chi connectivity index (χ0n) is 11.4. The van der Waals surface area contributed by atoms with E-state index in [-0.39, 0.29) is 5.97 Å². The van der Waals surface area contributed by atoms with E-state index in [9.17, 15) is 4.79 Å². The van der Waals surface area contributed by atoms with Crippen molar-refractivity contribution in [3.8, 4) is 0 Å². The first kappa shape index (κ1) is 15.0. The van der Waals surface area contributed by atoms with Crippen LogP contribution in [0.5, 0.6) is 0 Å². The third kappa shape index (κ3) is 2.68. The van der Waals surface area contributed by atoms with Crippen molar-refractivity contribution in [2.45, 2.75) is 26.3 Å². The van der Waals surface area contributed by atoms with Crippen molar-refractivity contribution in [2.75, 3.05) is 20.2 Å². The molecular weight excluding hydrogens is 250 g/mol. The van der Waals surface area contributed by atoms with Gasteiger partial charge < -0.3 is 4.74 Å². The van der Waals surface area contributed by atoms with Gasteiger partial charge >= 0.3 is 5.97 Å². The predicted octanol–water partition coefficient (Wildman–Crippen LogP) is 3.07. The van der Waals surface area contributed by atoms with Crippen molar-refractivity contribution in [1.29, 1.82) is 0 Å². The number of hydrogen-bond acceptors (Lipinski definition) is 3. The van der Waals surface area contributed by atoms with Gasteiger partial charge in [0.15, 0.2) is 0 Å². The molecule has 100 valence electrons. The number of hydrogen-bond donors (Lipinski definition) is 0. The fourth-order valence-corrected chi connectivity index (χ4v) is 2.47. The molecule has 0 aromatic heterocycles. The summed E-state index contributed by atoms with van der Waals surface area (Å²) in [5.41, 5.74) is 0.0499. The smallest absolute Gasteiger partial charge is 0.330 e. The molecule has 18 heavy (non-hydrogen) atoms. The molecule has 4 heteroatoms. The number of methoxy groups -OCH3 is 1. The fraction of sp³-hybridized carbons (Fsp3) is 0.500. The molecule has 0 fully saturated rings. The summed E-state index contributed by atoms with van der Waals surface area (Å²) >= 11 is 6.02. The number of esters is 1. The summed E-state index contributed by atoms with van der Waals surface area (Å²) in [4.78, 5) is 14.3. The number of benzene rings is 1. The Morgan fingerprint density at radius 1 is 1.39 bits per heavy atom. The van der Waals surface area contributed by atoms with Crippen molar-refractivity contribution >= 4 is 17.6 Å². The number of carbonyl (C=O) groups excluding carboxylic acids is 1. The van der Waals surface area contributed by atoms with Gasteiger partial charge in [-0.15, -0.1) is 0 Å². The molecule has 1 unspecified atom stereocenters. The summed E-state index contributed by atoms with van der Waals surface area (Å²) in [6.45, 7) is 7.44. The molecule has 0 heterocycles. The first-order chi connectivity index (χ1) is 8.50. The molecule has 1 aromatic rings. The molecule has 3 nitrogen and oxygen atoms in total. The van der Waals surface area contributed by atoms with Crippen LogP contribution < -0.4 is 0 Å². The summed E-state index contributed by atoms with van der Waals surface area (Å²) in [5, 5.41) is 0.620. The second-order valence-electron chi connectivity index (χ2n) is 4.25. The zero-order chi connectivity index (χ0) is 13.8. The molecule has 1 atom stereocenters. The molecule has 0 saturated carbocycles. The molecule has 0 N–H and O–H groups in total. The minimum Gasteiger partial charge on any atom is -0.467 e. The first-order valence-electron chi connectivity index (χ1n) is 6.10. The monoisotopic (exact) mass is 269 g/mol. The molecule has 0 radical (unpaired) electrons. The van der Waals surface area contributed by atoms with Gasteiger partial charge in [-0.05, 0) is 37.7 Å². The van der Waals surface area contributed by atoms with Gasteiger partial charge in [0.25, 0.3) is 0 Å². The summed E-state index contributed by atoms with van der Waals surface area (Å²) < 4.78 is 4.97. The highest BCUT2D eigenvalue weighted by Crippen LogP contribution is 2.31. The number of rotatable bonds is 5. The van der Waals surface area contributed by atoms with Gasteiger partial charge in [0.2, 0.25) is 0 Å². The highest BCUT2D eigenvalue weighted by molar-refractivity contribution is 6.30. The molecule has 0 aliphatic heterocycles. The van der Waals surface area contributed by atoms with Crippen LogP contribution in [-0.4, -0.2) is 31.1 Å². The molecular formula is C14H20ClNO2. The van der Waals surface area contributed by atoms with E-state index in [0.29, 0.717) is 5.02 Å². The lowest BCUT2D eigenvalue weighted by Gasteiger charge is -2.38. The molecule has 0 aliphatic rings. The molecule has 0 amide bonds. The van der Waals surface area contributed by atoms with Crippen LogP contribution in [0.25, 0.3) is 0 Å². The fourth-order valence-electron chi connectivity index (χ4n) is 2.28. The van der Waals surface area contributed by atoms with Crippen LogP contribution in [0, 0.1) is 0 Å². The lowest BCUT2D eigenvalue weighted by molar-refractivity contribution is -0.155. The quantitative estimate of drug-likeness (QED) is 0.770. The normalized spacial score (nSPS) is 14.3. The van der Waals surface area contributed by atoms with E-state index in [1.54, 1.807) is 6.07 Å². The third-order valence-electron chi connectivity index (χ3n) is 3.37. The number of nitrogens with zero attached hydrogens (tertiary/aromatic N) is 1. The van der Waals surface area contributed by atoms with Gasteiger partial charge in [-0.1, -0.05) is 37.6 Å². The Morgan fingerprint density at radius 2 is 2.00 bits per heavy atom. The summed E-state index contributed by atoms with van der Waals surface area (Å²) in [6, 6.07) is 7.37. The topological polar surface area (TPSA) is 29.5 Å². The molecule has 1 rings (SSSR count). The Hall–Kier alpha value is -1.06. The summed E-state index contributed by atoms with van der Waals surface area (Å²) in [6.07, 6.45) is 0. The van der Waals surface area contributed by atoms with E-state index < -0.39 is 5.54 Å². The van der Waals surface area contributed by atoms with E-state index in [2.05, 4.69) is 4.90 Å². The van der Waals surface area contributed by atoms with E-state index >= 15 is 0 Å². The number of carbonyl (C=O) groups is 1. The standard InChI is InChI=1S/C14H20ClNO2/c1-5-16(6-2)14(3,13(17)18-4)11-8-7-9-12(15)10-11/h7-10H,5-6H2,1-4H3. The highest BCUT2D eigenvalue weighted by atomic mass is 35.5. The Kier molecular flexibility index (Phi) is 5.17. The lowest BCUT2D eigenvalue weighted by atomic mass is 9.90. The van der Waals surface area contributed by atoms with Gasteiger partial charge in [-0.3, -0.25) is 4.90 Å². The van der Waals surface area contributed by atoms with E-state index in [0.717, 1.165) is 18.7 Å². The first-order valence-corrected chi connectivity index (χ1v) is 6.48. The average molecular weight is 270 g/mol. The Bertz CT molecular complexity index is 418. The zero-order valence-corrected chi connectivity index (χ0v) is 12.1. The van der Waals surface area contributed by atoms with E-state index in [1.165, 1.54) is 7.11 Å². The second-order valence-corrected chi connectivity index (χ2v) is 4.68. The maximum absolute atomic E-state index is 12.2. The van der Waals surface area contributed by atoms with Crippen LogP contribution in [-0.2, 0) is 15.1 Å². The molecule has 0 spiro atoms. The van der Waals surface area contributed by atoms with Crippen molar-refractivity contribution in [2.24, 2.45) is 0 Å². The number of ether oxygens (including phenoxy) is 1. The Balaban J connectivity index is 3.32. The van der Waals surface area contributed by atoms with Crippen LogP contribution in [0.1, 0.15) is 26.3 Å². The highest BCUT2D eigenvalue weighted by Gasteiger charge is 2.41. The minimum absolute atomic E-state index is 0.270. The Labute approximate surface area is 114 Å². The second kappa shape index (κ2) is 6.21. The largest absolute Gasteiger partial charge is 0.467 e. The van der Waals surface area contributed by atoms with Gasteiger partial charge in [0, 0.05) is 5.02 Å². The van der Waals surface area contributed by atoms with Crippen LogP contribution in [0.4, 0.5) is 0 Å². The third-order valence-corrected chi connectivity index (χ3v) is 3.60. The SMILES string of the molecule is CCN(CC)C(C)(C(=O)OC)c1cccc(Cl)c1. The predicted molar refractivity (Wildman–Crippen MR) is 73.7 cm³/mol. The van der Waals surface area contributed by atoms with E-state index in [4.69, 9.17) is 16.3 Å².